The number of unbranched alkanes of at least 4 members (excludes halogenated alkanes) is 2. The lowest BCUT2D eigenvalue weighted by molar-refractivity contribution is 0.0972. The fourth-order valence-corrected chi connectivity index (χ4v) is 2.88. The van der Waals surface area contributed by atoms with Crippen molar-refractivity contribution in [1.29, 1.82) is 0 Å². The third-order valence-corrected chi connectivity index (χ3v) is 4.12. The molecule has 0 fully saturated rings. The quantitative estimate of drug-likeness (QED) is 0.554. The van der Waals surface area contributed by atoms with Crippen LogP contribution in [0.3, 0.4) is 0 Å². The zero-order chi connectivity index (χ0) is 17.3. The first-order valence-electron chi connectivity index (χ1n) is 7.96. The molecule has 24 heavy (non-hydrogen) atoms. The smallest absolute Gasteiger partial charge is 0.198 e. The van der Waals surface area contributed by atoms with E-state index in [9.17, 15) is 19.8 Å². The highest BCUT2D eigenvalue weighted by molar-refractivity contribution is 6.30. The molecule has 2 aromatic carbocycles. The minimum Gasteiger partial charge on any atom is -0.504 e. The molecule has 0 radical (unpaired) electrons. The van der Waals surface area contributed by atoms with Gasteiger partial charge in [-0.1, -0.05) is 44.0 Å². The highest BCUT2D eigenvalue weighted by Crippen LogP contribution is 2.43. The van der Waals surface area contributed by atoms with Crippen LogP contribution in [0, 0.1) is 0 Å². The number of carbonyl (C=O) groups is 2. The lowest BCUT2D eigenvalue weighted by atomic mass is 9.83. The Morgan fingerprint density at radius 1 is 0.958 bits per heavy atom. The molecule has 124 valence electrons. The first kappa shape index (κ1) is 16.1. The third-order valence-electron chi connectivity index (χ3n) is 4.12. The molecule has 2 aromatic rings. The minimum absolute atomic E-state index is 0.0190. The number of carbonyl (C=O) groups excluding carboxylic acids is 2. The van der Waals surface area contributed by atoms with Crippen LogP contribution >= 0.6 is 0 Å². The van der Waals surface area contributed by atoms with Crippen LogP contribution in [0.4, 0.5) is 0 Å². The predicted octanol–water partition coefficient (Wildman–Crippen LogP) is 3.44. The largest absolute Gasteiger partial charge is 0.504 e. The summed E-state index contributed by atoms with van der Waals surface area (Å²) in [5.74, 6) is -1.81. The Morgan fingerprint density at radius 2 is 1.58 bits per heavy atom. The van der Waals surface area contributed by atoms with E-state index in [0.717, 1.165) is 19.3 Å². The first-order valence-corrected chi connectivity index (χ1v) is 7.96. The first-order chi connectivity index (χ1) is 11.6. The van der Waals surface area contributed by atoms with E-state index in [1.165, 1.54) is 12.1 Å². The van der Waals surface area contributed by atoms with Crippen LogP contribution in [0.2, 0.25) is 0 Å². The lowest BCUT2D eigenvalue weighted by Gasteiger charge is -2.21. The van der Waals surface area contributed by atoms with Crippen LogP contribution in [0.5, 0.6) is 17.2 Å². The van der Waals surface area contributed by atoms with Gasteiger partial charge >= 0.3 is 0 Å². The number of rotatable bonds is 5. The van der Waals surface area contributed by atoms with E-state index in [2.05, 4.69) is 6.92 Å². The molecule has 0 atom stereocenters. The van der Waals surface area contributed by atoms with Crippen molar-refractivity contribution in [3.8, 4) is 17.2 Å². The van der Waals surface area contributed by atoms with Crippen LogP contribution < -0.4 is 4.74 Å². The van der Waals surface area contributed by atoms with Crippen LogP contribution in [-0.4, -0.2) is 28.4 Å². The van der Waals surface area contributed by atoms with Crippen LogP contribution in [0.1, 0.15) is 58.0 Å². The van der Waals surface area contributed by atoms with Gasteiger partial charge in [0.05, 0.1) is 17.7 Å². The van der Waals surface area contributed by atoms with Gasteiger partial charge < -0.3 is 14.9 Å². The molecule has 0 spiro atoms. The summed E-state index contributed by atoms with van der Waals surface area (Å²) in [5.41, 5.74) is 0.320. The molecule has 0 bridgehead atoms. The molecule has 5 heteroatoms. The van der Waals surface area contributed by atoms with Gasteiger partial charge in [0.1, 0.15) is 5.75 Å². The molecular weight excluding hydrogens is 308 g/mol. The Balaban J connectivity index is 2.10. The Bertz CT molecular complexity index is 823. The fourth-order valence-electron chi connectivity index (χ4n) is 2.88. The topological polar surface area (TPSA) is 83.8 Å². The molecule has 0 aliphatic heterocycles. The number of hydrogen-bond acceptors (Lipinski definition) is 5. The van der Waals surface area contributed by atoms with Gasteiger partial charge in [-0.25, -0.2) is 0 Å². The molecule has 0 saturated heterocycles. The van der Waals surface area contributed by atoms with Crippen molar-refractivity contribution in [1.82, 2.24) is 0 Å². The summed E-state index contributed by atoms with van der Waals surface area (Å²) in [6, 6.07) is 7.63. The SMILES string of the molecule is CCCCCOc1cc(O)c(O)c2c1C(=O)c1ccccc1C2=O. The van der Waals surface area contributed by atoms with Gasteiger partial charge in [0.25, 0.3) is 0 Å². The number of ketones is 2. The van der Waals surface area contributed by atoms with Crippen molar-refractivity contribution < 1.29 is 24.5 Å². The number of fused-ring (bicyclic) bond motifs is 2. The number of ether oxygens (including phenoxy) is 1. The lowest BCUT2D eigenvalue weighted by Crippen LogP contribution is -2.22. The predicted molar refractivity (Wildman–Crippen MR) is 88.1 cm³/mol. The molecule has 0 heterocycles. The monoisotopic (exact) mass is 326 g/mol. The molecule has 0 amide bonds. The minimum atomic E-state index is -0.584. The van der Waals surface area contributed by atoms with Gasteiger partial charge in [0.15, 0.2) is 23.1 Å². The van der Waals surface area contributed by atoms with E-state index in [1.54, 1.807) is 18.2 Å². The van der Waals surface area contributed by atoms with Crippen molar-refractivity contribution >= 4 is 11.6 Å². The molecule has 0 saturated carbocycles. The van der Waals surface area contributed by atoms with Crippen molar-refractivity contribution in [3.05, 3.63) is 52.6 Å². The maximum absolute atomic E-state index is 12.8. The van der Waals surface area contributed by atoms with Crippen molar-refractivity contribution in [2.75, 3.05) is 6.61 Å². The molecule has 1 aliphatic carbocycles. The molecule has 5 nitrogen and oxygen atoms in total. The third kappa shape index (κ3) is 2.52. The summed E-state index contributed by atoms with van der Waals surface area (Å²) in [6.07, 6.45) is 2.79. The number of phenols is 2. The van der Waals surface area contributed by atoms with Gasteiger partial charge in [0, 0.05) is 17.2 Å². The number of benzene rings is 2. The summed E-state index contributed by atoms with van der Waals surface area (Å²) in [4.78, 5) is 25.5. The van der Waals surface area contributed by atoms with E-state index < -0.39 is 17.3 Å². The zero-order valence-electron chi connectivity index (χ0n) is 13.3. The maximum atomic E-state index is 12.8. The Morgan fingerprint density at radius 3 is 2.21 bits per heavy atom. The highest BCUT2D eigenvalue weighted by atomic mass is 16.5. The van der Waals surface area contributed by atoms with Gasteiger partial charge in [-0.2, -0.15) is 0 Å². The second-order valence-electron chi connectivity index (χ2n) is 5.75. The standard InChI is InChI=1S/C19H18O5/c1-2-3-6-9-24-14-10-13(20)19(23)16-15(14)17(21)11-7-4-5-8-12(11)18(16)22/h4-5,7-8,10,20,23H,2-3,6,9H2,1H3. The summed E-state index contributed by atoms with van der Waals surface area (Å²) in [7, 11) is 0. The Hall–Kier alpha value is -2.82. The van der Waals surface area contributed by atoms with E-state index in [0.29, 0.717) is 6.61 Å². The number of phenolic OH excluding ortho intramolecular Hbond substituents is 2. The van der Waals surface area contributed by atoms with Crippen LogP contribution in [0.25, 0.3) is 0 Å². The van der Waals surface area contributed by atoms with Gasteiger partial charge in [-0.15, -0.1) is 0 Å². The Kier molecular flexibility index (Phi) is 4.25. The fraction of sp³-hybridized carbons (Fsp3) is 0.263. The molecule has 0 aromatic heterocycles. The zero-order valence-corrected chi connectivity index (χ0v) is 13.3. The average Bonchev–Trinajstić information content (AvgIpc) is 2.59. The summed E-state index contributed by atoms with van der Waals surface area (Å²) < 4.78 is 5.63. The molecule has 1 aliphatic rings. The Labute approximate surface area is 139 Å². The van der Waals surface area contributed by atoms with Gasteiger partial charge in [0.2, 0.25) is 0 Å². The van der Waals surface area contributed by atoms with Gasteiger partial charge in [-0.05, 0) is 6.42 Å². The summed E-state index contributed by atoms with van der Waals surface area (Å²) >= 11 is 0. The van der Waals surface area contributed by atoms with E-state index in [4.69, 9.17) is 4.74 Å². The second kappa shape index (κ2) is 6.35. The molecular formula is C19H18O5. The van der Waals surface area contributed by atoms with Crippen molar-refractivity contribution in [2.24, 2.45) is 0 Å². The van der Waals surface area contributed by atoms with Crippen LogP contribution in [-0.2, 0) is 0 Å². The van der Waals surface area contributed by atoms with E-state index >= 15 is 0 Å². The maximum Gasteiger partial charge on any atom is 0.198 e. The molecule has 0 unspecified atom stereocenters. The van der Waals surface area contributed by atoms with Crippen molar-refractivity contribution in [2.45, 2.75) is 26.2 Å². The van der Waals surface area contributed by atoms with Gasteiger partial charge in [-0.3, -0.25) is 9.59 Å². The van der Waals surface area contributed by atoms with E-state index in [1.807, 2.05) is 0 Å². The number of aromatic hydroxyl groups is 2. The van der Waals surface area contributed by atoms with Crippen molar-refractivity contribution in [3.63, 3.8) is 0 Å². The highest BCUT2D eigenvalue weighted by Gasteiger charge is 2.36. The number of hydrogen-bond donors (Lipinski definition) is 2. The molecule has 2 N–H and O–H groups in total. The summed E-state index contributed by atoms with van der Waals surface area (Å²) in [6.45, 7) is 2.43. The summed E-state index contributed by atoms with van der Waals surface area (Å²) in [5, 5.41) is 20.0. The normalized spacial score (nSPS) is 12.7. The average molecular weight is 326 g/mol. The second-order valence-corrected chi connectivity index (χ2v) is 5.75. The molecule has 3 rings (SSSR count). The van der Waals surface area contributed by atoms with Crippen LogP contribution in [0.15, 0.2) is 30.3 Å². The van der Waals surface area contributed by atoms with E-state index in [-0.39, 0.29) is 33.8 Å².